The maximum absolute atomic E-state index is 14.6. The summed E-state index contributed by atoms with van der Waals surface area (Å²) < 4.78 is 13.7. The van der Waals surface area contributed by atoms with Crippen LogP contribution in [0.15, 0.2) is 54.7 Å². The quantitative estimate of drug-likeness (QED) is 0.363. The van der Waals surface area contributed by atoms with Gasteiger partial charge >= 0.3 is 6.09 Å². The van der Waals surface area contributed by atoms with Crippen molar-refractivity contribution < 1.29 is 29.0 Å². The molecule has 4 atom stereocenters. The second kappa shape index (κ2) is 10.9. The summed E-state index contributed by atoms with van der Waals surface area (Å²) in [6.07, 6.45) is 2.07. The van der Waals surface area contributed by atoms with Gasteiger partial charge in [0.15, 0.2) is 13.9 Å². The molecular formula is C30H37N5O6Si. The molecule has 2 N–H and O–H groups in total. The number of hydrogen-bond acceptors (Lipinski definition) is 8. The molecule has 1 spiro atoms. The van der Waals surface area contributed by atoms with E-state index in [-0.39, 0.29) is 36.2 Å². The fourth-order valence-electron chi connectivity index (χ4n) is 7.03. The molecule has 2 saturated heterocycles. The van der Waals surface area contributed by atoms with Gasteiger partial charge in [0.05, 0.1) is 30.6 Å². The lowest BCUT2D eigenvalue weighted by Gasteiger charge is -2.32. The Bertz CT molecular complexity index is 1490. The van der Waals surface area contributed by atoms with Crippen LogP contribution < -0.4 is 9.80 Å². The molecule has 3 aliphatic heterocycles. The Morgan fingerprint density at radius 1 is 1.14 bits per heavy atom. The molecule has 0 radical (unpaired) electrons. The predicted octanol–water partition coefficient (Wildman–Crippen LogP) is 3.20. The van der Waals surface area contributed by atoms with Gasteiger partial charge in [-0.1, -0.05) is 42.5 Å². The molecule has 6 rings (SSSR count). The summed E-state index contributed by atoms with van der Waals surface area (Å²) in [6.45, 7) is 7.53. The van der Waals surface area contributed by atoms with Gasteiger partial charge in [0.2, 0.25) is 0 Å². The van der Waals surface area contributed by atoms with Crippen LogP contribution in [0.5, 0.6) is 0 Å². The van der Waals surface area contributed by atoms with Crippen molar-refractivity contribution in [2.24, 2.45) is 5.92 Å². The Hall–Kier alpha value is -3.58. The highest BCUT2D eigenvalue weighted by molar-refractivity contribution is 6.71. The van der Waals surface area contributed by atoms with E-state index in [9.17, 15) is 19.5 Å². The van der Waals surface area contributed by atoms with E-state index in [4.69, 9.17) is 9.47 Å². The maximum atomic E-state index is 14.6. The van der Waals surface area contributed by atoms with E-state index in [2.05, 4.69) is 10.3 Å². The average Bonchev–Trinajstić information content (AvgIpc) is 3.71. The Labute approximate surface area is 245 Å². The third-order valence-electron chi connectivity index (χ3n) is 8.81. The molecule has 0 saturated carbocycles. The molecule has 0 aliphatic carbocycles. The second-order valence-electron chi connectivity index (χ2n) is 11.9. The zero-order valence-electron chi connectivity index (χ0n) is 24.1. The number of fused-ring (bicyclic) bond motifs is 2. The van der Waals surface area contributed by atoms with Crippen LogP contribution >= 0.6 is 0 Å². The summed E-state index contributed by atoms with van der Waals surface area (Å²) in [5.74, 6) is -0.404. The molecule has 0 bridgehead atoms. The van der Waals surface area contributed by atoms with Crippen LogP contribution in [-0.4, -0.2) is 71.1 Å². The third kappa shape index (κ3) is 4.81. The van der Waals surface area contributed by atoms with Gasteiger partial charge in [0.1, 0.15) is 6.61 Å². The summed E-state index contributed by atoms with van der Waals surface area (Å²) in [4.78, 5) is 41.6. The van der Waals surface area contributed by atoms with Gasteiger partial charge in [-0.3, -0.25) is 14.4 Å². The van der Waals surface area contributed by atoms with E-state index in [1.165, 1.54) is 0 Å². The fraction of sp³-hybridized carbons (Fsp3) is 0.467. The van der Waals surface area contributed by atoms with Gasteiger partial charge in [0, 0.05) is 48.5 Å². The molecule has 42 heavy (non-hydrogen) atoms. The molecule has 3 aliphatic rings. The van der Waals surface area contributed by atoms with Crippen LogP contribution in [0.4, 0.5) is 16.2 Å². The van der Waals surface area contributed by atoms with E-state index in [1.54, 1.807) is 14.5 Å². The van der Waals surface area contributed by atoms with Crippen LogP contribution in [0, 0.1) is 5.92 Å². The number of rotatable bonds is 9. The fourth-order valence-corrected chi connectivity index (χ4v) is 9.63. The van der Waals surface area contributed by atoms with E-state index >= 15 is 0 Å². The predicted molar refractivity (Wildman–Crippen MR) is 157 cm³/mol. The van der Waals surface area contributed by atoms with Crippen molar-refractivity contribution in [3.05, 3.63) is 71.5 Å². The van der Waals surface area contributed by atoms with E-state index < -0.39 is 13.9 Å². The molecule has 2 amide bonds. The van der Waals surface area contributed by atoms with Crippen molar-refractivity contribution in [2.75, 3.05) is 29.6 Å². The zero-order chi connectivity index (χ0) is 29.6. The van der Waals surface area contributed by atoms with E-state index in [0.717, 1.165) is 22.5 Å². The monoisotopic (exact) mass is 591 g/mol. The number of amides is 2. The van der Waals surface area contributed by atoms with Crippen molar-refractivity contribution in [1.82, 2.24) is 15.0 Å². The van der Waals surface area contributed by atoms with Gasteiger partial charge in [-0.05, 0) is 43.3 Å². The molecule has 0 unspecified atom stereocenters. The number of aliphatic hydroxyl groups is 1. The van der Waals surface area contributed by atoms with Gasteiger partial charge in [-0.25, -0.2) is 4.79 Å². The average molecular weight is 592 g/mol. The van der Waals surface area contributed by atoms with Gasteiger partial charge < -0.3 is 24.3 Å². The van der Waals surface area contributed by atoms with Crippen LogP contribution in [0.1, 0.15) is 30.2 Å². The molecule has 4 heterocycles. The summed E-state index contributed by atoms with van der Waals surface area (Å²) in [6, 6.07) is 15.4. The number of ether oxygens (including phenoxy) is 2. The Morgan fingerprint density at radius 2 is 1.95 bits per heavy atom. The molecule has 222 valence electrons. The number of anilines is 2. The minimum Gasteiger partial charge on any atom is -0.447 e. The van der Waals surface area contributed by atoms with Crippen molar-refractivity contribution in [3.63, 3.8) is 0 Å². The lowest BCUT2D eigenvalue weighted by Crippen LogP contribution is -2.46. The van der Waals surface area contributed by atoms with Crippen molar-refractivity contribution in [1.29, 1.82) is 0 Å². The lowest BCUT2D eigenvalue weighted by atomic mass is 9.82. The normalized spacial score (nSPS) is 25.5. The Balaban J connectivity index is 1.30. The van der Waals surface area contributed by atoms with Gasteiger partial charge in [-0.2, -0.15) is 0 Å². The number of aromatic nitrogens is 3. The van der Waals surface area contributed by atoms with Crippen LogP contribution in [0.25, 0.3) is 0 Å². The van der Waals surface area contributed by atoms with Crippen LogP contribution in [-0.2, 0) is 39.4 Å². The second-order valence-corrected chi connectivity index (χ2v) is 15.9. The number of carbonyl (C=O) groups excluding carboxylic acids is 2. The van der Waals surface area contributed by atoms with Crippen LogP contribution in [0.2, 0.25) is 18.6 Å². The number of cyclic esters (lactones) is 1. The summed E-state index contributed by atoms with van der Waals surface area (Å²) in [5.41, 5.74) is 2.52. The van der Waals surface area contributed by atoms with Crippen molar-refractivity contribution in [3.8, 4) is 0 Å². The van der Waals surface area contributed by atoms with Gasteiger partial charge in [0.25, 0.3) is 5.91 Å². The largest absolute Gasteiger partial charge is 0.447 e. The minimum absolute atomic E-state index is 0.00392. The number of aliphatic hydroxyl groups excluding tert-OH is 1. The van der Waals surface area contributed by atoms with Crippen molar-refractivity contribution in [2.45, 2.75) is 63.2 Å². The standard InChI is InChI=1S/C30H37N5O6Si/c1-20-27(42(2,3)39)26(11-13-33-19-22(12-15-36)31-32-33)41-30(20)24-9-4-5-10-25(24)35(28(30)37)18-21-7-6-8-23(17-21)34-14-16-40-29(34)38/h4-10,17,19-20,26-27,36,39H,11-16,18H2,1-3H3/t20-,26+,27-,30+/m0/s1. The lowest BCUT2D eigenvalue weighted by molar-refractivity contribution is -0.146. The highest BCUT2D eigenvalue weighted by Gasteiger charge is 2.66. The minimum atomic E-state index is -2.79. The molecular weight excluding hydrogens is 554 g/mol. The topological polar surface area (TPSA) is 130 Å². The van der Waals surface area contributed by atoms with Crippen LogP contribution in [0.3, 0.4) is 0 Å². The first-order chi connectivity index (χ1) is 20.1. The maximum Gasteiger partial charge on any atom is 0.414 e. The molecule has 3 aromatic rings. The first kappa shape index (κ1) is 28.5. The molecule has 2 fully saturated rings. The highest BCUT2D eigenvalue weighted by Crippen LogP contribution is 2.59. The Kier molecular flexibility index (Phi) is 7.42. The van der Waals surface area contributed by atoms with Gasteiger partial charge in [-0.15, -0.1) is 5.10 Å². The summed E-state index contributed by atoms with van der Waals surface area (Å²) in [5, 5.41) is 17.5. The van der Waals surface area contributed by atoms with Crippen molar-refractivity contribution >= 4 is 31.7 Å². The summed E-state index contributed by atoms with van der Waals surface area (Å²) >= 11 is 0. The SMILES string of the molecule is C[C@H]1[C@H]([Si](C)(C)O)[C@@H](CCn2cc(CCO)nn2)O[C@]12C(=O)N(Cc1cccc(N3CCOC3=O)c1)c1ccccc12. The first-order valence-corrected chi connectivity index (χ1v) is 17.5. The smallest absolute Gasteiger partial charge is 0.414 e. The number of carbonyl (C=O) groups is 2. The Morgan fingerprint density at radius 3 is 2.69 bits per heavy atom. The third-order valence-corrected chi connectivity index (χ3v) is 11.3. The zero-order valence-corrected chi connectivity index (χ0v) is 25.1. The number of aryl methyl sites for hydroxylation is 1. The summed E-state index contributed by atoms with van der Waals surface area (Å²) in [7, 11) is -2.79. The number of para-hydroxylation sites is 1. The van der Waals surface area contributed by atoms with E-state index in [1.807, 2.05) is 74.7 Å². The molecule has 2 aromatic carbocycles. The molecule has 1 aromatic heterocycles. The number of hydrogen-bond donors (Lipinski definition) is 2. The first-order valence-electron chi connectivity index (χ1n) is 14.5. The molecule has 11 nitrogen and oxygen atoms in total. The van der Waals surface area contributed by atoms with E-state index in [0.29, 0.717) is 44.8 Å². The highest BCUT2D eigenvalue weighted by atomic mass is 28.4. The molecule has 12 heteroatoms. The number of nitrogens with zero attached hydrogens (tertiary/aromatic N) is 5. The number of benzene rings is 2.